The molecule has 0 atom stereocenters. The lowest BCUT2D eigenvalue weighted by molar-refractivity contribution is 0.535. The number of hydrogen-bond donors (Lipinski definition) is 0. The summed E-state index contributed by atoms with van der Waals surface area (Å²) in [6.45, 7) is 23.1. The predicted octanol–water partition coefficient (Wildman–Crippen LogP) is 3.61. The fraction of sp³-hybridized carbons (Fsp3) is 1.00. The first-order valence-electron chi connectivity index (χ1n) is 7.19. The molecule has 1 rings (SSSR count). The molecule has 1 aliphatic heterocycles. The van der Waals surface area contributed by atoms with E-state index in [-0.39, 0.29) is 0 Å². The monoisotopic (exact) mass is 288 g/mol. The van der Waals surface area contributed by atoms with Crippen molar-refractivity contribution in [3.63, 3.8) is 0 Å². The highest BCUT2D eigenvalue weighted by Gasteiger charge is 2.63. The van der Waals surface area contributed by atoms with E-state index >= 15 is 0 Å². The molecule has 1 saturated heterocycles. The maximum Gasteiger partial charge on any atom is 0.186 e. The molecule has 1 fully saturated rings. The average molecular weight is 289 g/mol. The van der Waals surface area contributed by atoms with Gasteiger partial charge in [0.15, 0.2) is 8.40 Å². The van der Waals surface area contributed by atoms with Gasteiger partial charge in [-0.25, -0.2) is 0 Å². The summed E-state index contributed by atoms with van der Waals surface area (Å²) in [6.07, 6.45) is 2.63. The topological polar surface area (TPSA) is 6.48 Å². The van der Waals surface area contributed by atoms with Gasteiger partial charge in [0, 0.05) is 0 Å². The third kappa shape index (κ3) is 2.25. The molecule has 0 saturated carbocycles. The minimum absolute atomic E-state index is 1.19. The van der Waals surface area contributed by atoms with Crippen molar-refractivity contribution in [2.75, 3.05) is 13.1 Å². The van der Waals surface area contributed by atoms with Gasteiger partial charge in [-0.2, -0.15) is 0 Å². The Kier molecular flexibility index (Phi) is 4.52. The van der Waals surface area contributed by atoms with Crippen LogP contribution in [0.4, 0.5) is 0 Å². The van der Waals surface area contributed by atoms with Crippen molar-refractivity contribution in [3.8, 4) is 0 Å². The lowest BCUT2D eigenvalue weighted by Crippen LogP contribution is -2.63. The van der Waals surface area contributed by atoms with Crippen molar-refractivity contribution in [2.24, 2.45) is 0 Å². The van der Waals surface area contributed by atoms with Gasteiger partial charge >= 0.3 is 0 Å². The summed E-state index contributed by atoms with van der Waals surface area (Å²) in [5.41, 5.74) is 0. The quantitative estimate of drug-likeness (QED) is 0.729. The molecule has 0 bridgehead atoms. The number of hydrogen-bond acceptors (Lipinski definition) is 2. The zero-order chi connectivity index (χ0) is 13.5. The smallest absolute Gasteiger partial charge is 0.186 e. The van der Waals surface area contributed by atoms with E-state index < -0.39 is 23.9 Å². The molecular formula is C12H32N2Si3. The molecule has 1 aliphatic rings. The van der Waals surface area contributed by atoms with Crippen molar-refractivity contribution < 1.29 is 0 Å². The molecule has 0 aromatic rings. The highest BCUT2D eigenvalue weighted by molar-refractivity contribution is 7.44. The molecule has 0 aliphatic carbocycles. The molecule has 0 radical (unpaired) electrons. The van der Waals surface area contributed by atoms with Gasteiger partial charge in [-0.1, -0.05) is 40.0 Å². The van der Waals surface area contributed by atoms with E-state index in [1.54, 1.807) is 0 Å². The lowest BCUT2D eigenvalue weighted by Gasteiger charge is -2.40. The van der Waals surface area contributed by atoms with Gasteiger partial charge in [-0.3, -0.25) is 0 Å². The Morgan fingerprint density at radius 3 is 1.18 bits per heavy atom. The molecular weight excluding hydrogens is 256 g/mol. The van der Waals surface area contributed by atoms with Crippen LogP contribution in [0.2, 0.25) is 39.3 Å². The van der Waals surface area contributed by atoms with Gasteiger partial charge < -0.3 is 8.46 Å². The standard InChI is InChI=1S/C12H32N2Si3/c1-9-11-13-15(3,4)14(12-10-2)17(7,8)16(13,5)6/h9-12H2,1-8H3. The van der Waals surface area contributed by atoms with E-state index in [4.69, 9.17) is 0 Å². The lowest BCUT2D eigenvalue weighted by atomic mass is 10.5. The second kappa shape index (κ2) is 4.92. The molecule has 2 nitrogen and oxygen atoms in total. The molecule has 0 spiro atoms. The van der Waals surface area contributed by atoms with Gasteiger partial charge in [0.25, 0.3) is 0 Å². The van der Waals surface area contributed by atoms with Crippen molar-refractivity contribution >= 4 is 23.9 Å². The Morgan fingerprint density at radius 1 is 0.647 bits per heavy atom. The zero-order valence-electron chi connectivity index (χ0n) is 13.2. The van der Waals surface area contributed by atoms with Gasteiger partial charge in [-0.05, 0) is 39.0 Å². The summed E-state index contributed by atoms with van der Waals surface area (Å²) in [5, 5.41) is 0. The van der Waals surface area contributed by atoms with Crippen LogP contribution in [-0.4, -0.2) is 45.5 Å². The van der Waals surface area contributed by atoms with Crippen LogP contribution < -0.4 is 0 Å². The van der Waals surface area contributed by atoms with Crippen molar-refractivity contribution in [2.45, 2.75) is 66.0 Å². The summed E-state index contributed by atoms with van der Waals surface area (Å²) >= 11 is 0. The van der Waals surface area contributed by atoms with Crippen LogP contribution in [0, 0.1) is 0 Å². The molecule has 0 amide bonds. The van der Waals surface area contributed by atoms with Crippen LogP contribution in [-0.2, 0) is 0 Å². The van der Waals surface area contributed by atoms with Crippen LogP contribution in [0.1, 0.15) is 26.7 Å². The third-order valence-corrected chi connectivity index (χ3v) is 32.9. The summed E-state index contributed by atoms with van der Waals surface area (Å²) in [6, 6.07) is 0. The molecule has 17 heavy (non-hydrogen) atoms. The Bertz CT molecular complexity index is 251. The molecule has 0 unspecified atom stereocenters. The molecule has 0 N–H and O–H groups in total. The van der Waals surface area contributed by atoms with Gasteiger partial charge in [0.2, 0.25) is 0 Å². The summed E-state index contributed by atoms with van der Waals surface area (Å²) in [4.78, 5) is 0. The third-order valence-electron chi connectivity index (χ3n) is 5.06. The van der Waals surface area contributed by atoms with E-state index in [2.05, 4.69) is 61.6 Å². The van der Waals surface area contributed by atoms with E-state index in [1.165, 1.54) is 25.9 Å². The Labute approximate surface area is 112 Å². The second-order valence-electron chi connectivity index (χ2n) is 6.92. The molecule has 0 aromatic heterocycles. The van der Waals surface area contributed by atoms with E-state index in [0.717, 1.165) is 0 Å². The maximum atomic E-state index is 3.03. The fourth-order valence-electron chi connectivity index (χ4n) is 3.73. The maximum absolute atomic E-state index is 3.03. The van der Waals surface area contributed by atoms with Crippen LogP contribution in [0.3, 0.4) is 0 Å². The Morgan fingerprint density at radius 2 is 0.941 bits per heavy atom. The minimum Gasteiger partial charge on any atom is -0.335 e. The normalized spacial score (nSPS) is 27.5. The van der Waals surface area contributed by atoms with Crippen molar-refractivity contribution in [1.29, 1.82) is 0 Å². The average Bonchev–Trinajstić information content (AvgIpc) is 2.28. The van der Waals surface area contributed by atoms with Gasteiger partial charge in [0.05, 0.1) is 0 Å². The summed E-state index contributed by atoms with van der Waals surface area (Å²) in [7, 11) is -3.71. The highest BCUT2D eigenvalue weighted by atomic mass is 29.3. The number of rotatable bonds is 4. The van der Waals surface area contributed by atoms with Gasteiger partial charge in [0.1, 0.15) is 15.5 Å². The molecule has 5 heteroatoms. The van der Waals surface area contributed by atoms with E-state index in [0.29, 0.717) is 0 Å². The molecule has 1 heterocycles. The van der Waals surface area contributed by atoms with Crippen LogP contribution >= 0.6 is 0 Å². The van der Waals surface area contributed by atoms with Gasteiger partial charge in [-0.15, -0.1) is 0 Å². The minimum atomic E-state index is -1.32. The summed E-state index contributed by atoms with van der Waals surface area (Å²) in [5.74, 6) is 0. The van der Waals surface area contributed by atoms with Crippen LogP contribution in [0.15, 0.2) is 0 Å². The predicted molar refractivity (Wildman–Crippen MR) is 86.4 cm³/mol. The SMILES string of the molecule is CCCN1[Si](C)(C)N(CCC)[Si](C)(C)[Si]1(C)C. The molecule has 102 valence electrons. The van der Waals surface area contributed by atoms with Crippen molar-refractivity contribution in [1.82, 2.24) is 8.46 Å². The summed E-state index contributed by atoms with van der Waals surface area (Å²) < 4.78 is 6.06. The largest absolute Gasteiger partial charge is 0.335 e. The first-order valence-corrected chi connectivity index (χ1v) is 17.0. The van der Waals surface area contributed by atoms with Crippen LogP contribution in [0.5, 0.6) is 0 Å². The van der Waals surface area contributed by atoms with Crippen LogP contribution in [0.25, 0.3) is 0 Å². The zero-order valence-corrected chi connectivity index (χ0v) is 16.2. The Hall–Kier alpha value is 0.571. The number of nitrogens with zero attached hydrogens (tertiary/aromatic N) is 2. The van der Waals surface area contributed by atoms with Crippen molar-refractivity contribution in [3.05, 3.63) is 0 Å². The molecule has 0 aromatic carbocycles. The second-order valence-corrected chi connectivity index (χ2v) is 26.5. The first-order chi connectivity index (χ1) is 7.64. The van der Waals surface area contributed by atoms with E-state index in [1.807, 2.05) is 0 Å². The first kappa shape index (κ1) is 15.6. The Balaban J connectivity index is 3.18. The highest BCUT2D eigenvalue weighted by Crippen LogP contribution is 2.41. The van der Waals surface area contributed by atoms with E-state index in [9.17, 15) is 0 Å². The fourth-order valence-corrected chi connectivity index (χ4v) is 34.9.